The first-order valence-corrected chi connectivity index (χ1v) is 8.34. The van der Waals surface area contributed by atoms with Gasteiger partial charge in [-0.15, -0.1) is 0 Å². The van der Waals surface area contributed by atoms with Crippen molar-refractivity contribution in [2.45, 2.75) is 24.8 Å². The Morgan fingerprint density at radius 3 is 2.60 bits per heavy atom. The van der Waals surface area contributed by atoms with E-state index in [2.05, 4.69) is 31.2 Å². The highest BCUT2D eigenvalue weighted by atomic mass is 79.9. The van der Waals surface area contributed by atoms with Gasteiger partial charge in [0.15, 0.2) is 0 Å². The second kappa shape index (κ2) is 4.68. The topological polar surface area (TPSA) is 83.9 Å². The number of sulfonamides is 1. The van der Waals surface area contributed by atoms with Crippen LogP contribution in [0.2, 0.25) is 0 Å². The van der Waals surface area contributed by atoms with Crippen LogP contribution >= 0.6 is 15.9 Å². The molecule has 0 spiro atoms. The fraction of sp³-hybridized carbons (Fsp3) is 0.455. The number of nitrogens with zero attached hydrogens (tertiary/aromatic N) is 4. The van der Waals surface area contributed by atoms with Gasteiger partial charge in [-0.25, -0.2) is 8.42 Å². The molecule has 0 aromatic carbocycles. The van der Waals surface area contributed by atoms with Crippen LogP contribution in [-0.4, -0.2) is 45.8 Å². The van der Waals surface area contributed by atoms with Crippen molar-refractivity contribution in [2.24, 2.45) is 0 Å². The lowest BCUT2D eigenvalue weighted by atomic mass is 10.2. The number of hydrogen-bond donors (Lipinski definition) is 1. The predicted molar refractivity (Wildman–Crippen MR) is 75.8 cm³/mol. The largest absolute Gasteiger partial charge is 0.281 e. The molecule has 20 heavy (non-hydrogen) atoms. The van der Waals surface area contributed by atoms with E-state index < -0.39 is 10.0 Å². The van der Waals surface area contributed by atoms with Gasteiger partial charge in [-0.05, 0) is 29.8 Å². The van der Waals surface area contributed by atoms with Crippen LogP contribution in [0.4, 0.5) is 0 Å². The third-order valence-corrected chi connectivity index (χ3v) is 5.94. The van der Waals surface area contributed by atoms with Gasteiger partial charge in [0.2, 0.25) is 10.0 Å². The van der Waals surface area contributed by atoms with E-state index in [1.54, 1.807) is 24.7 Å². The molecule has 1 aliphatic heterocycles. The molecule has 0 saturated carbocycles. The molecule has 2 aromatic rings. The highest BCUT2D eigenvalue weighted by molar-refractivity contribution is 9.10. The first-order chi connectivity index (χ1) is 9.39. The number of rotatable bonds is 3. The standard InChI is InChI=1S/C11H14BrN5O2S/c1-7-11(8(2)15-14-7)20(18,19)16-5-10(6-16)17-4-9(12)3-13-17/h3-4,10H,5-6H2,1-2H3,(H,14,15). The summed E-state index contributed by atoms with van der Waals surface area (Å²) in [7, 11) is -3.47. The molecular formula is C11H14BrN5O2S. The zero-order valence-electron chi connectivity index (χ0n) is 11.0. The van der Waals surface area contributed by atoms with E-state index in [4.69, 9.17) is 0 Å². The monoisotopic (exact) mass is 359 g/mol. The van der Waals surface area contributed by atoms with Gasteiger partial charge in [-0.3, -0.25) is 9.78 Å². The minimum Gasteiger partial charge on any atom is -0.281 e. The van der Waals surface area contributed by atoms with E-state index in [0.29, 0.717) is 24.5 Å². The SMILES string of the molecule is Cc1n[nH]c(C)c1S(=O)(=O)N1CC(n2cc(Br)cn2)C1. The molecule has 3 rings (SSSR count). The summed E-state index contributed by atoms with van der Waals surface area (Å²) < 4.78 is 29.2. The van der Waals surface area contributed by atoms with Crippen molar-refractivity contribution in [2.75, 3.05) is 13.1 Å². The summed E-state index contributed by atoms with van der Waals surface area (Å²) in [6, 6.07) is 0.0867. The third-order valence-electron chi connectivity index (χ3n) is 3.43. The number of H-pyrrole nitrogens is 1. The van der Waals surface area contributed by atoms with Gasteiger partial charge in [0, 0.05) is 19.3 Å². The molecule has 2 aromatic heterocycles. The number of aromatic amines is 1. The molecule has 0 unspecified atom stereocenters. The summed E-state index contributed by atoms with van der Waals surface area (Å²) in [5.74, 6) is 0. The van der Waals surface area contributed by atoms with Gasteiger partial charge < -0.3 is 0 Å². The smallest absolute Gasteiger partial charge is 0.246 e. The average molecular weight is 360 g/mol. The Bertz CT molecular complexity index is 725. The lowest BCUT2D eigenvalue weighted by Crippen LogP contribution is -2.50. The Labute approximate surface area is 125 Å². The predicted octanol–water partition coefficient (Wildman–Crippen LogP) is 1.23. The average Bonchev–Trinajstić information content (AvgIpc) is 2.83. The maximum absolute atomic E-state index is 12.5. The molecule has 1 fully saturated rings. The molecule has 0 aliphatic carbocycles. The van der Waals surface area contributed by atoms with Gasteiger partial charge in [-0.1, -0.05) is 0 Å². The molecule has 0 atom stereocenters. The van der Waals surface area contributed by atoms with Crippen molar-refractivity contribution in [1.82, 2.24) is 24.3 Å². The Kier molecular flexibility index (Phi) is 3.22. The summed E-state index contributed by atoms with van der Waals surface area (Å²) in [4.78, 5) is 0.289. The molecule has 1 N–H and O–H groups in total. The van der Waals surface area contributed by atoms with Gasteiger partial charge in [-0.2, -0.15) is 14.5 Å². The van der Waals surface area contributed by atoms with Crippen molar-refractivity contribution in [3.05, 3.63) is 28.3 Å². The quantitative estimate of drug-likeness (QED) is 0.893. The van der Waals surface area contributed by atoms with E-state index >= 15 is 0 Å². The Hall–Kier alpha value is -1.19. The molecule has 3 heterocycles. The summed E-state index contributed by atoms with van der Waals surface area (Å²) in [6.07, 6.45) is 3.55. The molecule has 0 bridgehead atoms. The summed E-state index contributed by atoms with van der Waals surface area (Å²) in [5.41, 5.74) is 1.08. The van der Waals surface area contributed by atoms with Gasteiger partial charge in [0.25, 0.3) is 0 Å². The highest BCUT2D eigenvalue weighted by Gasteiger charge is 2.40. The Balaban J connectivity index is 1.79. The molecule has 7 nitrogen and oxygen atoms in total. The van der Waals surface area contributed by atoms with Crippen LogP contribution in [0.15, 0.2) is 21.8 Å². The number of halogens is 1. The van der Waals surface area contributed by atoms with Crippen LogP contribution in [0.25, 0.3) is 0 Å². The summed E-state index contributed by atoms with van der Waals surface area (Å²) in [6.45, 7) is 4.27. The molecular weight excluding hydrogens is 346 g/mol. The van der Waals surface area contributed by atoms with Crippen LogP contribution in [-0.2, 0) is 10.0 Å². The lowest BCUT2D eigenvalue weighted by Gasteiger charge is -2.37. The van der Waals surface area contributed by atoms with Crippen LogP contribution in [0.1, 0.15) is 17.4 Å². The van der Waals surface area contributed by atoms with Crippen LogP contribution < -0.4 is 0 Å². The molecule has 1 saturated heterocycles. The van der Waals surface area contributed by atoms with Crippen LogP contribution in [0.3, 0.4) is 0 Å². The van der Waals surface area contributed by atoms with E-state index in [1.807, 2.05) is 6.20 Å². The third kappa shape index (κ3) is 2.09. The zero-order chi connectivity index (χ0) is 14.5. The maximum Gasteiger partial charge on any atom is 0.246 e. The lowest BCUT2D eigenvalue weighted by molar-refractivity contribution is 0.191. The van der Waals surface area contributed by atoms with Crippen molar-refractivity contribution < 1.29 is 8.42 Å². The van der Waals surface area contributed by atoms with Gasteiger partial charge >= 0.3 is 0 Å². The minimum atomic E-state index is -3.47. The fourth-order valence-corrected chi connectivity index (χ4v) is 4.49. The number of aromatic nitrogens is 4. The minimum absolute atomic E-state index is 0.0867. The van der Waals surface area contributed by atoms with Crippen molar-refractivity contribution in [3.63, 3.8) is 0 Å². The molecule has 0 radical (unpaired) electrons. The summed E-state index contributed by atoms with van der Waals surface area (Å²) in [5, 5.41) is 10.8. The molecule has 1 aliphatic rings. The van der Waals surface area contributed by atoms with Crippen molar-refractivity contribution in [1.29, 1.82) is 0 Å². The van der Waals surface area contributed by atoms with Crippen molar-refractivity contribution in [3.8, 4) is 0 Å². The van der Waals surface area contributed by atoms with E-state index in [9.17, 15) is 8.42 Å². The second-order valence-electron chi connectivity index (χ2n) is 4.88. The van der Waals surface area contributed by atoms with E-state index in [-0.39, 0.29) is 10.9 Å². The van der Waals surface area contributed by atoms with Gasteiger partial charge in [0.05, 0.1) is 28.1 Å². The van der Waals surface area contributed by atoms with Crippen LogP contribution in [0, 0.1) is 13.8 Å². The maximum atomic E-state index is 12.5. The second-order valence-corrected chi connectivity index (χ2v) is 7.67. The van der Waals surface area contributed by atoms with Crippen molar-refractivity contribution >= 4 is 26.0 Å². The highest BCUT2D eigenvalue weighted by Crippen LogP contribution is 2.30. The van der Waals surface area contributed by atoms with E-state index in [1.165, 1.54) is 4.31 Å². The van der Waals surface area contributed by atoms with E-state index in [0.717, 1.165) is 4.47 Å². The zero-order valence-corrected chi connectivity index (χ0v) is 13.4. The van der Waals surface area contributed by atoms with Crippen LogP contribution in [0.5, 0.6) is 0 Å². The number of hydrogen-bond acceptors (Lipinski definition) is 4. The summed E-state index contributed by atoms with van der Waals surface area (Å²) >= 11 is 3.33. The number of aryl methyl sites for hydroxylation is 2. The normalized spacial score (nSPS) is 17.4. The first kappa shape index (κ1) is 13.8. The number of nitrogens with one attached hydrogen (secondary N) is 1. The molecule has 9 heteroatoms. The first-order valence-electron chi connectivity index (χ1n) is 6.11. The molecule has 108 valence electrons. The Morgan fingerprint density at radius 2 is 2.10 bits per heavy atom. The fourth-order valence-electron chi connectivity index (χ4n) is 2.34. The molecule has 0 amide bonds. The van der Waals surface area contributed by atoms with Gasteiger partial charge in [0.1, 0.15) is 4.90 Å². The Morgan fingerprint density at radius 1 is 1.40 bits per heavy atom.